The van der Waals surface area contributed by atoms with Gasteiger partial charge in [0, 0.05) is 19.8 Å². The highest BCUT2D eigenvalue weighted by atomic mass is 32.2. The molecule has 0 radical (unpaired) electrons. The summed E-state index contributed by atoms with van der Waals surface area (Å²) >= 11 is 0. The second-order valence-electron chi connectivity index (χ2n) is 5.61. The molecule has 0 saturated heterocycles. The molecule has 2 rings (SSSR count). The summed E-state index contributed by atoms with van der Waals surface area (Å²) in [6, 6.07) is 12.8. The molecule has 122 valence electrons. The van der Waals surface area contributed by atoms with E-state index >= 15 is 0 Å². The predicted molar refractivity (Wildman–Crippen MR) is 94.6 cm³/mol. The summed E-state index contributed by atoms with van der Waals surface area (Å²) in [6.07, 6.45) is 1.49. The van der Waals surface area contributed by atoms with Gasteiger partial charge in [0.15, 0.2) is 0 Å². The summed E-state index contributed by atoms with van der Waals surface area (Å²) in [6.45, 7) is 3.69. The van der Waals surface area contributed by atoms with Gasteiger partial charge in [-0.15, -0.1) is 0 Å². The lowest BCUT2D eigenvalue weighted by Crippen LogP contribution is -2.19. The molecule has 0 fully saturated rings. The van der Waals surface area contributed by atoms with Crippen LogP contribution >= 0.6 is 0 Å². The van der Waals surface area contributed by atoms with Crippen LogP contribution in [0.4, 0.5) is 5.69 Å². The lowest BCUT2D eigenvalue weighted by molar-refractivity contribution is 0.584. The molecular formula is C17H21N3O2S. The van der Waals surface area contributed by atoms with E-state index in [1.54, 1.807) is 19.1 Å². The lowest BCUT2D eigenvalue weighted by atomic mass is 10.2. The Labute approximate surface area is 137 Å². The van der Waals surface area contributed by atoms with Crippen LogP contribution in [0.15, 0.2) is 52.5 Å². The number of nitrogens with zero attached hydrogens (tertiary/aromatic N) is 2. The smallest absolute Gasteiger partial charge is 0.276 e. The number of sulfonamides is 1. The van der Waals surface area contributed by atoms with Gasteiger partial charge in [-0.1, -0.05) is 29.8 Å². The molecule has 0 aliphatic rings. The molecular weight excluding hydrogens is 310 g/mol. The molecule has 0 amide bonds. The van der Waals surface area contributed by atoms with Gasteiger partial charge >= 0.3 is 0 Å². The van der Waals surface area contributed by atoms with Crippen molar-refractivity contribution in [2.75, 3.05) is 19.0 Å². The van der Waals surface area contributed by atoms with Crippen LogP contribution in [-0.2, 0) is 10.0 Å². The summed E-state index contributed by atoms with van der Waals surface area (Å²) in [5, 5.41) is 3.85. The van der Waals surface area contributed by atoms with Crippen LogP contribution in [0.25, 0.3) is 0 Å². The average molecular weight is 331 g/mol. The number of anilines is 1. The topological polar surface area (TPSA) is 61.8 Å². The fourth-order valence-electron chi connectivity index (χ4n) is 2.18. The van der Waals surface area contributed by atoms with Crippen LogP contribution in [-0.4, -0.2) is 28.7 Å². The van der Waals surface area contributed by atoms with Gasteiger partial charge in [0.2, 0.25) is 0 Å². The van der Waals surface area contributed by atoms with E-state index in [0.29, 0.717) is 5.56 Å². The molecule has 5 nitrogen and oxygen atoms in total. The first-order chi connectivity index (χ1) is 10.8. The van der Waals surface area contributed by atoms with Gasteiger partial charge in [0.1, 0.15) is 0 Å². The van der Waals surface area contributed by atoms with Gasteiger partial charge in [-0.05, 0) is 43.2 Å². The number of hydrogen-bond acceptors (Lipinski definition) is 4. The molecule has 6 heteroatoms. The van der Waals surface area contributed by atoms with Crippen molar-refractivity contribution >= 4 is 21.9 Å². The molecule has 0 bridgehead atoms. The summed E-state index contributed by atoms with van der Waals surface area (Å²) in [5.74, 6) is 0. The van der Waals surface area contributed by atoms with Crippen LogP contribution in [0.3, 0.4) is 0 Å². The first kappa shape index (κ1) is 17.0. The zero-order valence-electron chi connectivity index (χ0n) is 13.7. The maximum absolute atomic E-state index is 12.3. The Morgan fingerprint density at radius 3 is 2.26 bits per heavy atom. The maximum atomic E-state index is 12.3. The highest BCUT2D eigenvalue weighted by molar-refractivity contribution is 7.89. The van der Waals surface area contributed by atoms with Crippen LogP contribution in [0.2, 0.25) is 0 Å². The zero-order chi connectivity index (χ0) is 17.0. The minimum absolute atomic E-state index is 0.239. The van der Waals surface area contributed by atoms with E-state index in [1.807, 2.05) is 56.3 Å². The molecule has 0 aliphatic carbocycles. The van der Waals surface area contributed by atoms with E-state index in [4.69, 9.17) is 0 Å². The van der Waals surface area contributed by atoms with Crippen molar-refractivity contribution in [2.45, 2.75) is 18.7 Å². The molecule has 0 saturated carbocycles. The summed E-state index contributed by atoms with van der Waals surface area (Å²) < 4.78 is 24.5. The van der Waals surface area contributed by atoms with Crippen molar-refractivity contribution in [2.24, 2.45) is 5.10 Å². The molecule has 0 spiro atoms. The van der Waals surface area contributed by atoms with Gasteiger partial charge < -0.3 is 4.90 Å². The third-order valence-corrected chi connectivity index (χ3v) is 4.80. The fourth-order valence-corrected chi connectivity index (χ4v) is 3.20. The van der Waals surface area contributed by atoms with E-state index < -0.39 is 10.0 Å². The van der Waals surface area contributed by atoms with Gasteiger partial charge in [0.25, 0.3) is 10.0 Å². The van der Waals surface area contributed by atoms with Crippen molar-refractivity contribution in [3.63, 3.8) is 0 Å². The SMILES string of the molecule is Cc1ccc(S(=O)(=O)N/N=C/c2ccc(N(C)C)cc2)c(C)c1. The molecule has 1 N–H and O–H groups in total. The van der Waals surface area contributed by atoms with E-state index in [2.05, 4.69) is 9.93 Å². The largest absolute Gasteiger partial charge is 0.378 e. The molecule has 23 heavy (non-hydrogen) atoms. The lowest BCUT2D eigenvalue weighted by Gasteiger charge is -2.11. The minimum atomic E-state index is -3.66. The van der Waals surface area contributed by atoms with Crippen molar-refractivity contribution in [1.29, 1.82) is 0 Å². The number of benzene rings is 2. The normalized spacial score (nSPS) is 11.7. The molecule has 0 heterocycles. The molecule has 2 aromatic rings. The Morgan fingerprint density at radius 1 is 1.04 bits per heavy atom. The Balaban J connectivity index is 2.12. The number of aryl methyl sites for hydroxylation is 2. The second kappa shape index (κ2) is 6.83. The highest BCUT2D eigenvalue weighted by Gasteiger charge is 2.15. The van der Waals surface area contributed by atoms with E-state index in [-0.39, 0.29) is 4.90 Å². The Hall–Kier alpha value is -2.34. The number of nitrogens with one attached hydrogen (secondary N) is 1. The summed E-state index contributed by atoms with van der Waals surface area (Å²) in [4.78, 5) is 4.48. The van der Waals surface area contributed by atoms with E-state index in [1.165, 1.54) is 6.21 Å². The fraction of sp³-hybridized carbons (Fsp3) is 0.235. The van der Waals surface area contributed by atoms with Gasteiger partial charge in [-0.3, -0.25) is 0 Å². The second-order valence-corrected chi connectivity index (χ2v) is 7.24. The number of rotatable bonds is 5. The highest BCUT2D eigenvalue weighted by Crippen LogP contribution is 2.16. The monoisotopic (exact) mass is 331 g/mol. The van der Waals surface area contributed by atoms with E-state index in [0.717, 1.165) is 16.8 Å². The third-order valence-electron chi connectivity index (χ3n) is 3.42. The maximum Gasteiger partial charge on any atom is 0.276 e. The average Bonchev–Trinajstić information content (AvgIpc) is 2.47. The van der Waals surface area contributed by atoms with Gasteiger partial charge in [0.05, 0.1) is 11.1 Å². The third kappa shape index (κ3) is 4.32. The van der Waals surface area contributed by atoms with Crippen LogP contribution in [0, 0.1) is 13.8 Å². The first-order valence-electron chi connectivity index (χ1n) is 7.19. The first-order valence-corrected chi connectivity index (χ1v) is 8.67. The molecule has 0 atom stereocenters. The summed E-state index contributed by atoms with van der Waals surface area (Å²) in [5.41, 5.74) is 3.60. The Kier molecular flexibility index (Phi) is 5.05. The van der Waals surface area contributed by atoms with Crippen molar-refractivity contribution < 1.29 is 8.42 Å². The molecule has 2 aromatic carbocycles. The van der Waals surface area contributed by atoms with Crippen molar-refractivity contribution in [3.05, 3.63) is 59.2 Å². The van der Waals surface area contributed by atoms with Crippen LogP contribution in [0.5, 0.6) is 0 Å². The standard InChI is InChI=1S/C17H21N3O2S/c1-13-5-10-17(14(2)11-13)23(21,22)19-18-12-15-6-8-16(9-7-15)20(3)4/h5-12,19H,1-4H3/b18-12+. The quantitative estimate of drug-likeness (QED) is 0.677. The molecule has 0 unspecified atom stereocenters. The van der Waals surface area contributed by atoms with Crippen molar-refractivity contribution in [3.8, 4) is 0 Å². The predicted octanol–water partition coefficient (Wildman–Crippen LogP) is 2.68. The van der Waals surface area contributed by atoms with Crippen LogP contribution in [0.1, 0.15) is 16.7 Å². The number of hydrogen-bond donors (Lipinski definition) is 1. The van der Waals surface area contributed by atoms with Gasteiger partial charge in [-0.25, -0.2) is 4.83 Å². The van der Waals surface area contributed by atoms with Crippen molar-refractivity contribution in [1.82, 2.24) is 4.83 Å². The Bertz CT molecular complexity index is 810. The van der Waals surface area contributed by atoms with E-state index in [9.17, 15) is 8.42 Å². The van der Waals surface area contributed by atoms with Crippen LogP contribution < -0.4 is 9.73 Å². The molecule has 0 aliphatic heterocycles. The zero-order valence-corrected chi connectivity index (χ0v) is 14.6. The van der Waals surface area contributed by atoms with Gasteiger partial charge in [-0.2, -0.15) is 13.5 Å². The summed E-state index contributed by atoms with van der Waals surface area (Å²) in [7, 11) is 0.263. The molecule has 0 aromatic heterocycles. The number of hydrazone groups is 1. The minimum Gasteiger partial charge on any atom is -0.378 e. The Morgan fingerprint density at radius 2 is 1.70 bits per heavy atom.